The molecule has 1 nitrogen and oxygen atoms in total. The third-order valence-electron chi connectivity index (χ3n) is 0.667. The normalized spacial score (nSPS) is 5.56. The van der Waals surface area contributed by atoms with Gasteiger partial charge in [-0.15, -0.1) is 12.8 Å². The Morgan fingerprint density at radius 1 is 0.556 bits per heavy atom. The minimum Gasteiger partial charge on any atom is -0.255 e. The summed E-state index contributed by atoms with van der Waals surface area (Å²) in [6.45, 7) is 0. The highest BCUT2D eigenvalue weighted by Crippen LogP contribution is 1.79. The van der Waals surface area contributed by atoms with E-state index in [1.165, 1.54) is 0 Å². The first-order valence-corrected chi connectivity index (χ1v) is 2.33. The van der Waals surface area contributed by atoms with Gasteiger partial charge in [0.1, 0.15) is 0 Å². The largest absolute Gasteiger partial charge is 0.255 e. The molecule has 0 aliphatic carbocycles. The molecular weight excluding hydrogens is 112 g/mol. The molecule has 1 rings (SSSR count). The lowest BCUT2D eigenvalue weighted by molar-refractivity contribution is 0.824. The fraction of sp³-hybridized carbons (Fsp3) is 0. The average molecular weight is 121 g/mol. The van der Waals surface area contributed by atoms with Gasteiger partial charge >= 0.3 is 0 Å². The highest BCUT2D eigenvalue weighted by atomic mass is 16.0. The van der Waals surface area contributed by atoms with Crippen LogP contribution in [0.4, 0.5) is 0 Å². The highest BCUT2D eigenvalue weighted by Gasteiger charge is 1.57. The monoisotopic (exact) mass is 121 g/mol. The Labute approximate surface area is 55.6 Å². The van der Waals surface area contributed by atoms with Gasteiger partial charge in [-0.2, -0.15) is 0 Å². The quantitative estimate of drug-likeness (QED) is 0.507. The Hall–Kier alpha value is -1.26. The van der Waals surface area contributed by atoms with E-state index in [9.17, 15) is 0 Å². The molecule has 0 saturated carbocycles. The topological polar surface area (TPSA) is 30.0 Å². The first-order valence-electron chi connectivity index (χ1n) is 2.33. The first kappa shape index (κ1) is 10.7. The van der Waals surface area contributed by atoms with Gasteiger partial charge in [0.15, 0.2) is 0 Å². The number of benzene rings is 1. The van der Waals surface area contributed by atoms with Gasteiger partial charge in [0.05, 0.1) is 0 Å². The summed E-state index contributed by atoms with van der Waals surface area (Å²) in [4.78, 5) is 0. The Morgan fingerprint density at radius 2 is 0.667 bits per heavy atom. The van der Waals surface area contributed by atoms with Crippen LogP contribution >= 0.6 is 0 Å². The third-order valence-corrected chi connectivity index (χ3v) is 0.667. The molecule has 9 heavy (non-hydrogen) atoms. The van der Waals surface area contributed by atoms with Gasteiger partial charge in [-0.1, -0.05) is 36.4 Å². The summed E-state index contributed by atoms with van der Waals surface area (Å²) in [5.74, 6) is 0. The van der Waals surface area contributed by atoms with Crippen LogP contribution in [0.3, 0.4) is 0 Å². The molecule has 0 bridgehead atoms. The zero-order chi connectivity index (χ0) is 6.24. The van der Waals surface area contributed by atoms with Gasteiger partial charge in [-0.25, -0.2) is 0 Å². The highest BCUT2D eigenvalue weighted by molar-refractivity contribution is 4.99. The van der Waals surface area contributed by atoms with E-state index in [-0.39, 0.29) is 5.48 Å². The summed E-state index contributed by atoms with van der Waals surface area (Å²) in [5.41, 5.74) is 0. The Kier molecular flexibility index (Phi) is 11.7. The Balaban J connectivity index is 0. The number of terminal acetylenes is 1. The minimum atomic E-state index is 0. The number of rotatable bonds is 0. The molecule has 47 valence electrons. The summed E-state index contributed by atoms with van der Waals surface area (Å²) in [5, 5.41) is 0. The standard InChI is InChI=1S/C6H6.C2H2.HO/c1-2-4-6-5-3-1;1-2;/h1-6H;1-2H;1H. The van der Waals surface area contributed by atoms with Crippen LogP contribution in [0.25, 0.3) is 0 Å². The van der Waals surface area contributed by atoms with Crippen LogP contribution in [0.2, 0.25) is 0 Å². The van der Waals surface area contributed by atoms with E-state index < -0.39 is 0 Å². The van der Waals surface area contributed by atoms with E-state index >= 15 is 0 Å². The number of hydrogen-bond donors (Lipinski definition) is 1. The van der Waals surface area contributed by atoms with Crippen LogP contribution in [0.1, 0.15) is 0 Å². The van der Waals surface area contributed by atoms with Crippen molar-refractivity contribution in [3.63, 3.8) is 0 Å². The molecule has 0 unspecified atom stereocenters. The van der Waals surface area contributed by atoms with Gasteiger partial charge in [0.25, 0.3) is 0 Å². The summed E-state index contributed by atoms with van der Waals surface area (Å²) in [6, 6.07) is 12.0. The molecule has 1 heteroatoms. The molecule has 0 aliphatic heterocycles. The van der Waals surface area contributed by atoms with Crippen molar-refractivity contribution in [3.05, 3.63) is 36.4 Å². The summed E-state index contributed by atoms with van der Waals surface area (Å²) in [7, 11) is 0. The molecular formula is C8H9O. The molecule has 1 aromatic rings. The van der Waals surface area contributed by atoms with Crippen molar-refractivity contribution in [1.29, 1.82) is 0 Å². The van der Waals surface area contributed by atoms with E-state index in [4.69, 9.17) is 0 Å². The zero-order valence-corrected chi connectivity index (χ0v) is 5.07. The molecule has 0 saturated heterocycles. The second kappa shape index (κ2) is 9.88. The average Bonchev–Trinajstić information content (AvgIpc) is 1.96. The molecule has 1 aromatic carbocycles. The zero-order valence-electron chi connectivity index (χ0n) is 5.07. The summed E-state index contributed by atoms with van der Waals surface area (Å²) >= 11 is 0. The van der Waals surface area contributed by atoms with Crippen molar-refractivity contribution in [2.45, 2.75) is 0 Å². The molecule has 0 spiro atoms. The van der Waals surface area contributed by atoms with E-state index in [1.54, 1.807) is 0 Å². The lowest BCUT2D eigenvalue weighted by Gasteiger charge is -1.69. The molecule has 0 aromatic heterocycles. The molecule has 0 fully saturated rings. The van der Waals surface area contributed by atoms with Crippen LogP contribution in [0, 0.1) is 12.8 Å². The van der Waals surface area contributed by atoms with Crippen LogP contribution in [-0.4, -0.2) is 5.48 Å². The van der Waals surface area contributed by atoms with E-state index in [0.717, 1.165) is 0 Å². The molecule has 1 radical (unpaired) electrons. The van der Waals surface area contributed by atoms with Crippen molar-refractivity contribution < 1.29 is 5.48 Å². The van der Waals surface area contributed by atoms with Crippen LogP contribution in [-0.2, 0) is 0 Å². The maximum Gasteiger partial charge on any atom is -0.0623 e. The van der Waals surface area contributed by atoms with Crippen LogP contribution < -0.4 is 0 Å². The van der Waals surface area contributed by atoms with Gasteiger partial charge in [-0.05, 0) is 0 Å². The molecule has 0 amide bonds. The van der Waals surface area contributed by atoms with Gasteiger partial charge in [0, 0.05) is 0 Å². The van der Waals surface area contributed by atoms with Gasteiger partial charge < -0.3 is 0 Å². The second-order valence-electron chi connectivity index (χ2n) is 1.15. The van der Waals surface area contributed by atoms with Crippen molar-refractivity contribution >= 4 is 0 Å². The lowest BCUT2D eigenvalue weighted by atomic mass is 10.4. The Bertz CT molecular complexity index is 105. The van der Waals surface area contributed by atoms with Crippen molar-refractivity contribution in [3.8, 4) is 12.8 Å². The van der Waals surface area contributed by atoms with E-state index in [2.05, 4.69) is 12.8 Å². The van der Waals surface area contributed by atoms with Gasteiger partial charge in [0.2, 0.25) is 0 Å². The fourth-order valence-electron chi connectivity index (χ4n) is 0.385. The molecule has 0 atom stereocenters. The second-order valence-corrected chi connectivity index (χ2v) is 1.15. The molecule has 0 aliphatic rings. The predicted octanol–water partition coefficient (Wildman–Crippen LogP) is 1.76. The van der Waals surface area contributed by atoms with Gasteiger partial charge in [-0.3, -0.25) is 5.48 Å². The third kappa shape index (κ3) is 6.74. The van der Waals surface area contributed by atoms with Crippen LogP contribution in [0.5, 0.6) is 0 Å². The van der Waals surface area contributed by atoms with Crippen molar-refractivity contribution in [2.24, 2.45) is 0 Å². The molecule has 0 heterocycles. The lowest BCUT2D eigenvalue weighted by Crippen LogP contribution is -1.47. The maximum atomic E-state index is 4.00. The van der Waals surface area contributed by atoms with Crippen molar-refractivity contribution in [1.82, 2.24) is 0 Å². The van der Waals surface area contributed by atoms with Crippen molar-refractivity contribution in [2.75, 3.05) is 0 Å². The predicted molar refractivity (Wildman–Crippen MR) is 38.3 cm³/mol. The van der Waals surface area contributed by atoms with Crippen LogP contribution in [0.15, 0.2) is 36.4 Å². The summed E-state index contributed by atoms with van der Waals surface area (Å²) in [6.07, 6.45) is 8.00. The SMILES string of the molecule is C#C.[OH].c1ccccc1. The molecule has 1 N–H and O–H groups in total. The smallest absolute Gasteiger partial charge is 0.0623 e. The first-order chi connectivity index (χ1) is 4.00. The Morgan fingerprint density at radius 3 is 0.778 bits per heavy atom. The van der Waals surface area contributed by atoms with E-state index in [0.29, 0.717) is 0 Å². The fourth-order valence-corrected chi connectivity index (χ4v) is 0.385. The summed E-state index contributed by atoms with van der Waals surface area (Å²) < 4.78 is 0. The van der Waals surface area contributed by atoms with E-state index in [1.807, 2.05) is 36.4 Å². The maximum absolute atomic E-state index is 4.00. The number of hydrogen-bond acceptors (Lipinski definition) is 0. The minimum absolute atomic E-state index is 0.